The first-order chi connectivity index (χ1) is 10.3. The molecule has 2 heterocycles. The molecule has 4 nitrogen and oxygen atoms in total. The minimum absolute atomic E-state index is 0.336. The van der Waals surface area contributed by atoms with Gasteiger partial charge in [0.1, 0.15) is 11.5 Å². The molecule has 21 heavy (non-hydrogen) atoms. The smallest absolute Gasteiger partial charge is 0.138 e. The van der Waals surface area contributed by atoms with E-state index in [2.05, 4.69) is 32.9 Å². The summed E-state index contributed by atoms with van der Waals surface area (Å²) in [6, 6.07) is 12.8. The predicted molar refractivity (Wildman–Crippen MR) is 85.3 cm³/mol. The molecule has 0 fully saturated rings. The van der Waals surface area contributed by atoms with Crippen LogP contribution in [0.3, 0.4) is 0 Å². The summed E-state index contributed by atoms with van der Waals surface area (Å²) in [5.74, 6) is 1.08. The van der Waals surface area contributed by atoms with E-state index < -0.39 is 0 Å². The van der Waals surface area contributed by atoms with Gasteiger partial charge in [0, 0.05) is 18.1 Å². The highest BCUT2D eigenvalue weighted by atomic mass is 15.1. The lowest BCUT2D eigenvalue weighted by Gasteiger charge is -2.27. The Labute approximate surface area is 123 Å². The lowest BCUT2D eigenvalue weighted by Crippen LogP contribution is -2.18. The number of nitrogen functional groups attached to an aromatic ring is 1. The molecule has 106 valence electrons. The van der Waals surface area contributed by atoms with E-state index in [1.165, 1.54) is 17.5 Å². The maximum atomic E-state index is 5.91. The lowest BCUT2D eigenvalue weighted by atomic mass is 9.87. The van der Waals surface area contributed by atoms with E-state index in [0.29, 0.717) is 6.04 Å². The van der Waals surface area contributed by atoms with Gasteiger partial charge in [0.25, 0.3) is 0 Å². The fourth-order valence-electron chi connectivity index (χ4n) is 3.23. The maximum absolute atomic E-state index is 5.91. The summed E-state index contributed by atoms with van der Waals surface area (Å²) >= 11 is 0. The van der Waals surface area contributed by atoms with Crippen molar-refractivity contribution in [3.05, 3.63) is 59.9 Å². The zero-order valence-electron chi connectivity index (χ0n) is 11.8. The van der Waals surface area contributed by atoms with Crippen molar-refractivity contribution in [3.8, 4) is 0 Å². The number of nitrogens with zero attached hydrogens (tertiary/aromatic N) is 2. The van der Waals surface area contributed by atoms with Gasteiger partial charge in [-0.3, -0.25) is 4.40 Å². The molecule has 3 N–H and O–H groups in total. The summed E-state index contributed by atoms with van der Waals surface area (Å²) in [7, 11) is 0. The highest BCUT2D eigenvalue weighted by molar-refractivity contribution is 5.53. The highest BCUT2D eigenvalue weighted by Crippen LogP contribution is 2.33. The maximum Gasteiger partial charge on any atom is 0.138 e. The predicted octanol–water partition coefficient (Wildman–Crippen LogP) is 3.41. The number of nitrogens with one attached hydrogen (secondary N) is 1. The van der Waals surface area contributed by atoms with Crippen molar-refractivity contribution in [3.63, 3.8) is 0 Å². The van der Waals surface area contributed by atoms with Gasteiger partial charge in [0.05, 0.1) is 6.04 Å². The second kappa shape index (κ2) is 4.81. The molecule has 1 atom stereocenters. The molecule has 0 spiro atoms. The molecule has 4 rings (SSSR count). The third kappa shape index (κ3) is 2.13. The molecule has 2 aromatic heterocycles. The second-order valence-electron chi connectivity index (χ2n) is 5.61. The quantitative estimate of drug-likeness (QED) is 0.706. The number of rotatable bonds is 2. The van der Waals surface area contributed by atoms with Crippen LogP contribution in [0.1, 0.15) is 30.0 Å². The summed E-state index contributed by atoms with van der Waals surface area (Å²) in [5.41, 5.74) is 10.5. The second-order valence-corrected chi connectivity index (χ2v) is 5.61. The van der Waals surface area contributed by atoms with Crippen molar-refractivity contribution in [2.45, 2.75) is 25.3 Å². The third-order valence-corrected chi connectivity index (χ3v) is 4.23. The van der Waals surface area contributed by atoms with Gasteiger partial charge in [-0.05, 0) is 54.7 Å². The SMILES string of the molecule is Nc1ccc2c(c1)CCCC2Nc1cccc2nccn12. The number of pyridine rings is 1. The number of nitrogens with two attached hydrogens (primary N) is 1. The van der Waals surface area contributed by atoms with Gasteiger partial charge < -0.3 is 11.1 Å². The van der Waals surface area contributed by atoms with Gasteiger partial charge in [0.15, 0.2) is 0 Å². The number of aryl methyl sites for hydroxylation is 1. The van der Waals surface area contributed by atoms with Crippen LogP contribution >= 0.6 is 0 Å². The van der Waals surface area contributed by atoms with Crippen LogP contribution in [0.15, 0.2) is 48.8 Å². The Morgan fingerprint density at radius 1 is 1.24 bits per heavy atom. The third-order valence-electron chi connectivity index (χ3n) is 4.23. The van der Waals surface area contributed by atoms with Crippen LogP contribution in [0.5, 0.6) is 0 Å². The fourth-order valence-corrected chi connectivity index (χ4v) is 3.23. The Morgan fingerprint density at radius 2 is 2.19 bits per heavy atom. The van der Waals surface area contributed by atoms with Crippen molar-refractivity contribution < 1.29 is 0 Å². The van der Waals surface area contributed by atoms with Crippen molar-refractivity contribution in [1.82, 2.24) is 9.38 Å². The van der Waals surface area contributed by atoms with Gasteiger partial charge in [-0.1, -0.05) is 12.1 Å². The van der Waals surface area contributed by atoms with E-state index in [1.807, 2.05) is 30.6 Å². The molecular formula is C17H18N4. The van der Waals surface area contributed by atoms with Crippen LogP contribution in [-0.2, 0) is 6.42 Å². The van der Waals surface area contributed by atoms with Crippen molar-refractivity contribution in [2.75, 3.05) is 11.1 Å². The summed E-state index contributed by atoms with van der Waals surface area (Å²) in [6.07, 6.45) is 7.27. The Morgan fingerprint density at radius 3 is 3.14 bits per heavy atom. The van der Waals surface area contributed by atoms with E-state index in [-0.39, 0.29) is 0 Å². The summed E-state index contributed by atoms with van der Waals surface area (Å²) < 4.78 is 2.09. The number of benzene rings is 1. The van der Waals surface area contributed by atoms with Crippen LogP contribution in [0.2, 0.25) is 0 Å². The number of fused-ring (bicyclic) bond motifs is 2. The molecule has 3 aromatic rings. The summed E-state index contributed by atoms with van der Waals surface area (Å²) in [6.45, 7) is 0. The minimum atomic E-state index is 0.336. The molecule has 1 unspecified atom stereocenters. The van der Waals surface area contributed by atoms with Gasteiger partial charge in [-0.2, -0.15) is 0 Å². The first-order valence-electron chi connectivity index (χ1n) is 7.38. The summed E-state index contributed by atoms with van der Waals surface area (Å²) in [5, 5.41) is 3.67. The van der Waals surface area contributed by atoms with E-state index in [1.54, 1.807) is 0 Å². The molecular weight excluding hydrogens is 260 g/mol. The normalized spacial score (nSPS) is 17.6. The fraction of sp³-hybridized carbons (Fsp3) is 0.235. The molecule has 0 amide bonds. The number of aromatic nitrogens is 2. The number of hydrogen-bond donors (Lipinski definition) is 2. The zero-order chi connectivity index (χ0) is 14.2. The van der Waals surface area contributed by atoms with Crippen molar-refractivity contribution in [1.29, 1.82) is 0 Å². The molecule has 0 saturated carbocycles. The largest absolute Gasteiger partial charge is 0.399 e. The average Bonchev–Trinajstić information content (AvgIpc) is 2.97. The Kier molecular flexibility index (Phi) is 2.81. The number of anilines is 2. The molecule has 0 saturated heterocycles. The molecule has 1 aliphatic rings. The minimum Gasteiger partial charge on any atom is -0.399 e. The van der Waals surface area contributed by atoms with Crippen LogP contribution in [0.25, 0.3) is 5.65 Å². The van der Waals surface area contributed by atoms with Gasteiger partial charge in [-0.15, -0.1) is 0 Å². The Hall–Kier alpha value is -2.49. The monoisotopic (exact) mass is 278 g/mol. The highest BCUT2D eigenvalue weighted by Gasteiger charge is 2.20. The van der Waals surface area contributed by atoms with Crippen LogP contribution in [0, 0.1) is 0 Å². The van der Waals surface area contributed by atoms with Crippen LogP contribution in [-0.4, -0.2) is 9.38 Å². The van der Waals surface area contributed by atoms with E-state index in [4.69, 9.17) is 5.73 Å². The topological polar surface area (TPSA) is 55.3 Å². The molecule has 0 aliphatic heterocycles. The average molecular weight is 278 g/mol. The molecule has 0 radical (unpaired) electrons. The number of hydrogen-bond acceptors (Lipinski definition) is 3. The van der Waals surface area contributed by atoms with E-state index in [0.717, 1.165) is 30.0 Å². The molecule has 1 aromatic carbocycles. The Balaban J connectivity index is 1.71. The molecule has 4 heteroatoms. The Bertz CT molecular complexity index is 790. The molecule has 1 aliphatic carbocycles. The standard InChI is InChI=1S/C17H18N4/c18-13-7-8-14-12(11-13)3-1-4-15(14)20-17-6-2-5-16-19-9-10-21(16)17/h2,5-11,15,20H,1,3-4,18H2. The van der Waals surface area contributed by atoms with E-state index in [9.17, 15) is 0 Å². The van der Waals surface area contributed by atoms with Crippen LogP contribution < -0.4 is 11.1 Å². The van der Waals surface area contributed by atoms with Crippen LogP contribution in [0.4, 0.5) is 11.5 Å². The first kappa shape index (κ1) is 12.3. The summed E-state index contributed by atoms with van der Waals surface area (Å²) in [4.78, 5) is 4.33. The lowest BCUT2D eigenvalue weighted by molar-refractivity contribution is 0.598. The molecule has 0 bridgehead atoms. The van der Waals surface area contributed by atoms with Crippen molar-refractivity contribution in [2.24, 2.45) is 0 Å². The van der Waals surface area contributed by atoms with Gasteiger partial charge in [-0.25, -0.2) is 4.98 Å². The van der Waals surface area contributed by atoms with Gasteiger partial charge in [0.2, 0.25) is 0 Å². The zero-order valence-corrected chi connectivity index (χ0v) is 11.8. The van der Waals surface area contributed by atoms with Crippen molar-refractivity contribution >= 4 is 17.2 Å². The first-order valence-corrected chi connectivity index (χ1v) is 7.38. The van der Waals surface area contributed by atoms with E-state index >= 15 is 0 Å². The van der Waals surface area contributed by atoms with Gasteiger partial charge >= 0.3 is 0 Å². The number of imidazole rings is 1.